The fourth-order valence-corrected chi connectivity index (χ4v) is 3.86. The molecule has 1 saturated carbocycles. The van der Waals surface area contributed by atoms with Crippen molar-refractivity contribution < 1.29 is 14.2 Å². The molecule has 4 heteroatoms. The topological polar surface area (TPSA) is 39.7 Å². The number of hydrogen-bond acceptors (Lipinski definition) is 4. The van der Waals surface area contributed by atoms with Gasteiger partial charge in [-0.05, 0) is 32.2 Å². The van der Waals surface area contributed by atoms with Crippen molar-refractivity contribution in [3.8, 4) is 0 Å². The molecule has 0 aromatic carbocycles. The van der Waals surface area contributed by atoms with Gasteiger partial charge in [-0.2, -0.15) is 0 Å². The first-order chi connectivity index (χ1) is 8.19. The maximum atomic E-state index is 5.88. The molecule has 1 N–H and O–H groups in total. The van der Waals surface area contributed by atoms with Gasteiger partial charge in [-0.3, -0.25) is 0 Å². The van der Waals surface area contributed by atoms with Crippen molar-refractivity contribution in [2.45, 2.75) is 50.0 Å². The molecule has 0 radical (unpaired) electrons. The van der Waals surface area contributed by atoms with E-state index in [4.69, 9.17) is 14.2 Å². The second kappa shape index (κ2) is 4.19. The summed E-state index contributed by atoms with van der Waals surface area (Å²) >= 11 is 0. The first kappa shape index (κ1) is 11.9. The van der Waals surface area contributed by atoms with Gasteiger partial charge >= 0.3 is 0 Å². The number of rotatable bonds is 1. The van der Waals surface area contributed by atoms with Crippen LogP contribution in [0, 0.1) is 5.92 Å². The zero-order chi connectivity index (χ0) is 11.9. The quantitative estimate of drug-likeness (QED) is 0.751. The van der Waals surface area contributed by atoms with E-state index in [0.717, 1.165) is 32.6 Å². The van der Waals surface area contributed by atoms with Crippen LogP contribution in [0.2, 0.25) is 0 Å². The Labute approximate surface area is 103 Å². The van der Waals surface area contributed by atoms with Crippen LogP contribution < -0.4 is 5.32 Å². The lowest BCUT2D eigenvalue weighted by atomic mass is 9.66. The maximum Gasteiger partial charge on any atom is 0.171 e. The Morgan fingerprint density at radius 2 is 2.00 bits per heavy atom. The average molecular weight is 241 g/mol. The Morgan fingerprint density at radius 1 is 1.24 bits per heavy atom. The molecule has 3 atom stereocenters. The average Bonchev–Trinajstić information content (AvgIpc) is 2.77. The summed E-state index contributed by atoms with van der Waals surface area (Å²) in [4.78, 5) is 0. The SMILES string of the molecule is CO[C@@H]1CC2(C[C@@H]3CCCN[C@]31C)OCCO2. The van der Waals surface area contributed by atoms with Crippen molar-refractivity contribution in [3.63, 3.8) is 0 Å². The molecule has 0 amide bonds. The lowest BCUT2D eigenvalue weighted by molar-refractivity contribution is -0.233. The molecule has 0 bridgehead atoms. The van der Waals surface area contributed by atoms with Crippen molar-refractivity contribution in [1.82, 2.24) is 5.32 Å². The van der Waals surface area contributed by atoms with Crippen LogP contribution in [0.15, 0.2) is 0 Å². The number of nitrogens with one attached hydrogen (secondary N) is 1. The minimum atomic E-state index is -0.357. The largest absolute Gasteiger partial charge is 0.379 e. The van der Waals surface area contributed by atoms with E-state index in [1.54, 1.807) is 7.11 Å². The van der Waals surface area contributed by atoms with Crippen molar-refractivity contribution in [1.29, 1.82) is 0 Å². The first-order valence-corrected chi connectivity index (χ1v) is 6.74. The van der Waals surface area contributed by atoms with Gasteiger partial charge in [-0.15, -0.1) is 0 Å². The summed E-state index contributed by atoms with van der Waals surface area (Å²) in [5.74, 6) is 0.234. The standard InChI is InChI=1S/C13H23NO3/c1-12-10(4-3-5-14-12)8-13(9-11(12)15-2)16-6-7-17-13/h10-11,14H,3-9H2,1-2H3/t10-,11+,12+/m0/s1. The molecule has 98 valence electrons. The van der Waals surface area contributed by atoms with E-state index >= 15 is 0 Å². The van der Waals surface area contributed by atoms with Crippen molar-refractivity contribution >= 4 is 0 Å². The van der Waals surface area contributed by atoms with Gasteiger partial charge in [-0.1, -0.05) is 0 Å². The summed E-state index contributed by atoms with van der Waals surface area (Å²) in [5.41, 5.74) is 0.0908. The van der Waals surface area contributed by atoms with E-state index in [9.17, 15) is 0 Å². The second-order valence-electron chi connectivity index (χ2n) is 5.79. The molecule has 3 rings (SSSR count). The fraction of sp³-hybridized carbons (Fsp3) is 1.00. The molecule has 0 aromatic rings. The lowest BCUT2D eigenvalue weighted by Gasteiger charge is -2.54. The summed E-state index contributed by atoms with van der Waals surface area (Å²) in [7, 11) is 1.80. The third-order valence-corrected chi connectivity index (χ3v) is 4.90. The number of piperidine rings is 1. The highest BCUT2D eigenvalue weighted by Crippen LogP contribution is 2.47. The van der Waals surface area contributed by atoms with Gasteiger partial charge in [0.2, 0.25) is 0 Å². The Hall–Kier alpha value is -0.160. The van der Waals surface area contributed by atoms with Crippen LogP contribution in [-0.2, 0) is 14.2 Å². The molecule has 3 aliphatic rings. The van der Waals surface area contributed by atoms with E-state index in [1.165, 1.54) is 12.8 Å². The van der Waals surface area contributed by atoms with Gasteiger partial charge in [-0.25, -0.2) is 0 Å². The highest BCUT2D eigenvalue weighted by molar-refractivity contribution is 5.07. The molecule has 1 spiro atoms. The summed E-state index contributed by atoms with van der Waals surface area (Å²) in [6.07, 6.45) is 4.53. The molecule has 1 aliphatic carbocycles. The smallest absolute Gasteiger partial charge is 0.171 e. The first-order valence-electron chi connectivity index (χ1n) is 6.74. The Kier molecular flexibility index (Phi) is 2.94. The Bertz CT molecular complexity index is 278. The normalized spacial score (nSPS) is 44.8. The molecule has 0 aromatic heterocycles. The molecule has 2 saturated heterocycles. The van der Waals surface area contributed by atoms with Crippen LogP contribution in [0.1, 0.15) is 32.6 Å². The van der Waals surface area contributed by atoms with E-state index in [0.29, 0.717) is 5.92 Å². The van der Waals surface area contributed by atoms with Crippen LogP contribution >= 0.6 is 0 Å². The van der Waals surface area contributed by atoms with E-state index in [1.807, 2.05) is 0 Å². The summed E-state index contributed by atoms with van der Waals surface area (Å²) in [5, 5.41) is 3.67. The molecular formula is C13H23NO3. The molecule has 2 aliphatic heterocycles. The zero-order valence-corrected chi connectivity index (χ0v) is 10.8. The van der Waals surface area contributed by atoms with Crippen molar-refractivity contribution in [2.24, 2.45) is 5.92 Å². The van der Waals surface area contributed by atoms with E-state index in [2.05, 4.69) is 12.2 Å². The number of hydrogen-bond donors (Lipinski definition) is 1. The minimum Gasteiger partial charge on any atom is -0.379 e. The summed E-state index contributed by atoms with van der Waals surface area (Å²) < 4.78 is 17.5. The lowest BCUT2D eigenvalue weighted by Crippen LogP contribution is -2.66. The Morgan fingerprint density at radius 3 is 2.71 bits per heavy atom. The van der Waals surface area contributed by atoms with Crippen LogP contribution in [0.3, 0.4) is 0 Å². The molecule has 4 nitrogen and oxygen atoms in total. The van der Waals surface area contributed by atoms with Crippen LogP contribution in [0.5, 0.6) is 0 Å². The van der Waals surface area contributed by atoms with Gasteiger partial charge in [0.15, 0.2) is 5.79 Å². The number of ether oxygens (including phenoxy) is 3. The number of methoxy groups -OCH3 is 1. The van der Waals surface area contributed by atoms with Gasteiger partial charge < -0.3 is 19.5 Å². The monoisotopic (exact) mass is 241 g/mol. The predicted octanol–water partition coefficient (Wildman–Crippen LogP) is 1.30. The Balaban J connectivity index is 1.85. The van der Waals surface area contributed by atoms with Crippen molar-refractivity contribution in [2.75, 3.05) is 26.9 Å². The van der Waals surface area contributed by atoms with Gasteiger partial charge in [0.25, 0.3) is 0 Å². The predicted molar refractivity (Wildman–Crippen MR) is 63.8 cm³/mol. The molecule has 0 unspecified atom stereocenters. The zero-order valence-electron chi connectivity index (χ0n) is 10.8. The highest BCUT2D eigenvalue weighted by Gasteiger charge is 2.56. The van der Waals surface area contributed by atoms with Crippen LogP contribution in [0.4, 0.5) is 0 Å². The van der Waals surface area contributed by atoms with Gasteiger partial charge in [0.1, 0.15) is 0 Å². The van der Waals surface area contributed by atoms with Crippen LogP contribution in [-0.4, -0.2) is 44.3 Å². The van der Waals surface area contributed by atoms with Crippen molar-refractivity contribution in [3.05, 3.63) is 0 Å². The van der Waals surface area contributed by atoms with Crippen LogP contribution in [0.25, 0.3) is 0 Å². The van der Waals surface area contributed by atoms with Gasteiger partial charge in [0.05, 0.1) is 19.3 Å². The molecular weight excluding hydrogens is 218 g/mol. The molecule has 2 heterocycles. The highest BCUT2D eigenvalue weighted by atomic mass is 16.7. The third kappa shape index (κ3) is 1.82. The number of fused-ring (bicyclic) bond motifs is 1. The summed E-state index contributed by atoms with van der Waals surface area (Å²) in [6, 6.07) is 0. The summed E-state index contributed by atoms with van der Waals surface area (Å²) in [6.45, 7) is 4.86. The maximum absolute atomic E-state index is 5.88. The van der Waals surface area contributed by atoms with E-state index in [-0.39, 0.29) is 17.4 Å². The second-order valence-corrected chi connectivity index (χ2v) is 5.79. The minimum absolute atomic E-state index is 0.0908. The third-order valence-electron chi connectivity index (χ3n) is 4.90. The van der Waals surface area contributed by atoms with Gasteiger partial charge in [0, 0.05) is 25.5 Å². The molecule has 3 fully saturated rings. The molecule has 17 heavy (non-hydrogen) atoms. The fourth-order valence-electron chi connectivity index (χ4n) is 3.86. The van der Waals surface area contributed by atoms with E-state index < -0.39 is 0 Å².